The number of aliphatic hydroxyl groups excluding tert-OH is 1. The number of ether oxygens (including phenoxy) is 1. The molecule has 0 aliphatic carbocycles. The molecule has 0 bridgehead atoms. The number of hydrogen-bond acceptors (Lipinski definition) is 3. The molecule has 1 atom stereocenters. The van der Waals surface area contributed by atoms with E-state index in [4.69, 9.17) is 0 Å². The van der Waals surface area contributed by atoms with Crippen molar-refractivity contribution in [1.82, 2.24) is 0 Å². The summed E-state index contributed by atoms with van der Waals surface area (Å²) in [5.41, 5.74) is 1.45. The predicted octanol–water partition coefficient (Wildman–Crippen LogP) is 4.58. The summed E-state index contributed by atoms with van der Waals surface area (Å²) in [5, 5.41) is 13.5. The van der Waals surface area contributed by atoms with E-state index in [0.717, 1.165) is 15.6 Å². The first-order valence-electron chi connectivity index (χ1n) is 6.34. The fraction of sp³-hybridized carbons (Fsp3) is 0.125. The quantitative estimate of drug-likeness (QED) is 0.764. The Labute approximate surface area is 124 Å². The summed E-state index contributed by atoms with van der Waals surface area (Å²) < 4.78 is 29.6. The highest BCUT2D eigenvalue weighted by Crippen LogP contribution is 2.32. The molecule has 21 heavy (non-hydrogen) atoms. The molecule has 0 saturated heterocycles. The van der Waals surface area contributed by atoms with Gasteiger partial charge in [-0.1, -0.05) is 30.3 Å². The fourth-order valence-electron chi connectivity index (χ4n) is 2.24. The van der Waals surface area contributed by atoms with Gasteiger partial charge in [0.25, 0.3) is 0 Å². The van der Waals surface area contributed by atoms with Gasteiger partial charge in [-0.3, -0.25) is 0 Å². The molecule has 108 valence electrons. The van der Waals surface area contributed by atoms with Crippen molar-refractivity contribution in [1.29, 1.82) is 0 Å². The number of rotatable bonds is 4. The average Bonchev–Trinajstić information content (AvgIpc) is 2.95. The van der Waals surface area contributed by atoms with Crippen LogP contribution >= 0.6 is 11.3 Å². The fourth-order valence-corrected chi connectivity index (χ4v) is 3.18. The third-order valence-corrected chi connectivity index (χ3v) is 4.20. The number of thiophene rings is 1. The Morgan fingerprint density at radius 1 is 1.00 bits per heavy atom. The Morgan fingerprint density at radius 2 is 1.76 bits per heavy atom. The van der Waals surface area contributed by atoms with Crippen molar-refractivity contribution in [2.75, 3.05) is 0 Å². The molecule has 0 aliphatic heterocycles. The van der Waals surface area contributed by atoms with Crippen LogP contribution in [0.1, 0.15) is 17.2 Å². The van der Waals surface area contributed by atoms with E-state index in [-0.39, 0.29) is 5.75 Å². The molecule has 1 unspecified atom stereocenters. The summed E-state index contributed by atoms with van der Waals surface area (Å²) in [4.78, 5) is 0. The lowest BCUT2D eigenvalue weighted by Crippen LogP contribution is -2.03. The molecule has 1 heterocycles. The Kier molecular flexibility index (Phi) is 3.86. The lowest BCUT2D eigenvalue weighted by atomic mass is 10.0. The summed E-state index contributed by atoms with van der Waals surface area (Å²) in [6.45, 7) is -2.85. The van der Waals surface area contributed by atoms with E-state index in [1.165, 1.54) is 12.1 Å². The number of halogens is 2. The first kappa shape index (κ1) is 14.0. The van der Waals surface area contributed by atoms with Gasteiger partial charge in [-0.05, 0) is 34.5 Å². The van der Waals surface area contributed by atoms with Gasteiger partial charge in [-0.2, -0.15) is 8.78 Å². The highest BCUT2D eigenvalue weighted by molar-refractivity contribution is 7.17. The van der Waals surface area contributed by atoms with E-state index in [1.807, 2.05) is 29.6 Å². The Hall–Kier alpha value is -1.98. The van der Waals surface area contributed by atoms with E-state index in [1.54, 1.807) is 23.5 Å². The van der Waals surface area contributed by atoms with Crippen LogP contribution in [0, 0.1) is 0 Å². The molecular weight excluding hydrogens is 294 g/mol. The van der Waals surface area contributed by atoms with Crippen LogP contribution in [0.2, 0.25) is 0 Å². The van der Waals surface area contributed by atoms with Gasteiger partial charge in [-0.25, -0.2) is 0 Å². The van der Waals surface area contributed by atoms with Crippen molar-refractivity contribution in [3.05, 3.63) is 65.0 Å². The van der Waals surface area contributed by atoms with E-state index in [9.17, 15) is 13.9 Å². The molecule has 0 amide bonds. The van der Waals surface area contributed by atoms with E-state index in [2.05, 4.69) is 4.74 Å². The zero-order chi connectivity index (χ0) is 14.8. The lowest BCUT2D eigenvalue weighted by Gasteiger charge is -2.13. The average molecular weight is 306 g/mol. The third-order valence-electron chi connectivity index (χ3n) is 3.23. The van der Waals surface area contributed by atoms with Crippen molar-refractivity contribution in [3.8, 4) is 5.75 Å². The second-order valence-electron chi connectivity index (χ2n) is 4.54. The predicted molar refractivity (Wildman–Crippen MR) is 79.0 cm³/mol. The highest BCUT2D eigenvalue weighted by atomic mass is 32.1. The van der Waals surface area contributed by atoms with Crippen molar-refractivity contribution in [3.63, 3.8) is 0 Å². The molecule has 0 spiro atoms. The SMILES string of the molecule is OC(c1ccc(OC(F)F)cc1)c1cccc2ccsc12. The van der Waals surface area contributed by atoms with E-state index >= 15 is 0 Å². The molecule has 0 fully saturated rings. The Bertz CT molecular complexity index is 737. The van der Waals surface area contributed by atoms with Crippen LogP contribution in [0.25, 0.3) is 10.1 Å². The van der Waals surface area contributed by atoms with Gasteiger partial charge in [-0.15, -0.1) is 11.3 Å². The van der Waals surface area contributed by atoms with Crippen LogP contribution in [-0.2, 0) is 0 Å². The number of alkyl halides is 2. The van der Waals surface area contributed by atoms with Gasteiger partial charge < -0.3 is 9.84 Å². The first-order chi connectivity index (χ1) is 10.1. The molecule has 2 aromatic carbocycles. The summed E-state index contributed by atoms with van der Waals surface area (Å²) in [7, 11) is 0. The molecule has 5 heteroatoms. The molecule has 3 aromatic rings. The number of hydrogen-bond donors (Lipinski definition) is 1. The summed E-state index contributed by atoms with van der Waals surface area (Å²) >= 11 is 1.56. The van der Waals surface area contributed by atoms with Gasteiger partial charge in [0, 0.05) is 10.3 Å². The molecular formula is C16H12F2O2S. The van der Waals surface area contributed by atoms with Crippen LogP contribution in [0.4, 0.5) is 8.78 Å². The van der Waals surface area contributed by atoms with E-state index in [0.29, 0.717) is 5.56 Å². The minimum absolute atomic E-state index is 0.0790. The van der Waals surface area contributed by atoms with Crippen LogP contribution in [0.3, 0.4) is 0 Å². The van der Waals surface area contributed by atoms with Crippen LogP contribution < -0.4 is 4.74 Å². The third kappa shape index (κ3) is 2.89. The number of benzene rings is 2. The molecule has 0 aliphatic rings. The smallest absolute Gasteiger partial charge is 0.387 e. The van der Waals surface area contributed by atoms with Crippen molar-refractivity contribution in [2.45, 2.75) is 12.7 Å². The zero-order valence-corrected chi connectivity index (χ0v) is 11.7. The number of fused-ring (bicyclic) bond motifs is 1. The second-order valence-corrected chi connectivity index (χ2v) is 5.45. The standard InChI is InChI=1S/C16H12F2O2S/c17-16(18)20-12-6-4-10(5-7-12)14(19)13-3-1-2-11-8-9-21-15(11)13/h1-9,14,16,19H. The Balaban J connectivity index is 1.91. The van der Waals surface area contributed by atoms with Crippen molar-refractivity contribution < 1.29 is 18.6 Å². The largest absolute Gasteiger partial charge is 0.435 e. The maximum absolute atomic E-state index is 12.1. The molecule has 0 saturated carbocycles. The molecule has 1 N–H and O–H groups in total. The van der Waals surface area contributed by atoms with Gasteiger partial charge in [0.15, 0.2) is 0 Å². The van der Waals surface area contributed by atoms with Crippen molar-refractivity contribution in [2.24, 2.45) is 0 Å². The molecule has 1 aromatic heterocycles. The topological polar surface area (TPSA) is 29.5 Å². The van der Waals surface area contributed by atoms with Crippen LogP contribution in [0.15, 0.2) is 53.9 Å². The van der Waals surface area contributed by atoms with Crippen molar-refractivity contribution >= 4 is 21.4 Å². The Morgan fingerprint density at radius 3 is 2.48 bits per heavy atom. The zero-order valence-electron chi connectivity index (χ0n) is 10.9. The molecule has 2 nitrogen and oxygen atoms in total. The normalized spacial score (nSPS) is 12.8. The minimum Gasteiger partial charge on any atom is -0.435 e. The lowest BCUT2D eigenvalue weighted by molar-refractivity contribution is -0.0498. The number of aliphatic hydroxyl groups is 1. The molecule has 3 rings (SSSR count). The second kappa shape index (κ2) is 5.79. The van der Waals surface area contributed by atoms with Gasteiger partial charge in [0.2, 0.25) is 0 Å². The highest BCUT2D eigenvalue weighted by Gasteiger charge is 2.14. The maximum atomic E-state index is 12.1. The van der Waals surface area contributed by atoms with Gasteiger partial charge in [0.1, 0.15) is 11.9 Å². The van der Waals surface area contributed by atoms with Crippen LogP contribution in [0.5, 0.6) is 5.75 Å². The monoisotopic (exact) mass is 306 g/mol. The van der Waals surface area contributed by atoms with Gasteiger partial charge in [0.05, 0.1) is 0 Å². The summed E-state index contributed by atoms with van der Waals surface area (Å²) in [6.07, 6.45) is -0.798. The minimum atomic E-state index is -2.85. The summed E-state index contributed by atoms with van der Waals surface area (Å²) in [6, 6.07) is 13.8. The first-order valence-corrected chi connectivity index (χ1v) is 7.22. The van der Waals surface area contributed by atoms with Crippen LogP contribution in [-0.4, -0.2) is 11.7 Å². The van der Waals surface area contributed by atoms with E-state index < -0.39 is 12.7 Å². The van der Waals surface area contributed by atoms with Gasteiger partial charge >= 0.3 is 6.61 Å². The summed E-state index contributed by atoms with van der Waals surface area (Å²) in [5.74, 6) is 0.0790. The molecule has 0 radical (unpaired) electrons. The maximum Gasteiger partial charge on any atom is 0.387 e.